The van der Waals surface area contributed by atoms with Gasteiger partial charge in [0, 0.05) is 12.0 Å². The average molecular weight is 454 g/mol. The fourth-order valence-corrected chi connectivity index (χ4v) is 2.75. The number of benzene rings is 2. The summed E-state index contributed by atoms with van der Waals surface area (Å²) in [6.07, 6.45) is 0.174. The van der Waals surface area contributed by atoms with Crippen LogP contribution < -0.4 is 13.3 Å². The van der Waals surface area contributed by atoms with Crippen molar-refractivity contribution in [2.45, 2.75) is 26.9 Å². The lowest BCUT2D eigenvalue weighted by Gasteiger charge is -2.17. The topological polar surface area (TPSA) is 68.6 Å². The van der Waals surface area contributed by atoms with Crippen LogP contribution in [0, 0.1) is 23.2 Å². The number of carbonyl (C=O) groups excluding carboxylic acids is 1. The minimum Gasteiger partial charge on any atom is -0.434 e. The van der Waals surface area contributed by atoms with Gasteiger partial charge in [0.25, 0.3) is 0 Å². The fraction of sp³-hybridized carbons (Fsp3) is 0.300. The van der Waals surface area contributed by atoms with Gasteiger partial charge in [0.15, 0.2) is 16.3 Å². The van der Waals surface area contributed by atoms with Crippen LogP contribution in [0.2, 0.25) is 0 Å². The van der Waals surface area contributed by atoms with E-state index < -0.39 is 18.5 Å². The Labute approximate surface area is 170 Å². The van der Waals surface area contributed by atoms with Crippen molar-refractivity contribution in [1.82, 2.24) is 0 Å². The van der Waals surface area contributed by atoms with E-state index in [1.165, 1.54) is 18.2 Å². The second-order valence-electron chi connectivity index (χ2n) is 6.28. The minimum atomic E-state index is -3.03. The zero-order chi connectivity index (χ0) is 20.7. The standard InChI is InChI=1S/C20H18BrF2NO4/c1-12(2)16(11-24)19(25)26-17-4-3-5-18(27-20(22)23)15(17)10-13-6-8-14(28-21)9-7-13/h3-9,12,16,20H,10H2,1-2H3. The van der Waals surface area contributed by atoms with Crippen molar-refractivity contribution in [1.29, 1.82) is 5.26 Å². The Bertz CT molecular complexity index is 850. The lowest BCUT2D eigenvalue weighted by molar-refractivity contribution is -0.138. The molecule has 1 atom stereocenters. The SMILES string of the molecule is CC(C)C(C#N)C(=O)Oc1cccc(OC(F)F)c1Cc1ccc(OBr)cc1. The van der Waals surface area contributed by atoms with Crippen molar-refractivity contribution in [3.8, 4) is 23.3 Å². The number of esters is 1. The van der Waals surface area contributed by atoms with Gasteiger partial charge in [-0.3, -0.25) is 4.79 Å². The number of hydrogen-bond donors (Lipinski definition) is 0. The summed E-state index contributed by atoms with van der Waals surface area (Å²) in [5.74, 6) is -1.41. The summed E-state index contributed by atoms with van der Waals surface area (Å²) in [7, 11) is 0. The molecule has 0 heterocycles. The third kappa shape index (κ3) is 5.67. The third-order valence-corrected chi connectivity index (χ3v) is 4.34. The lowest BCUT2D eigenvalue weighted by Crippen LogP contribution is -2.24. The summed E-state index contributed by atoms with van der Waals surface area (Å²) in [5.41, 5.74) is 1.04. The Morgan fingerprint density at radius 3 is 2.32 bits per heavy atom. The number of hydrogen-bond acceptors (Lipinski definition) is 5. The van der Waals surface area contributed by atoms with Gasteiger partial charge in [-0.2, -0.15) is 14.0 Å². The van der Waals surface area contributed by atoms with E-state index in [-0.39, 0.29) is 29.4 Å². The summed E-state index contributed by atoms with van der Waals surface area (Å²) >= 11 is 2.87. The Kier molecular flexibility index (Phi) is 7.76. The van der Waals surface area contributed by atoms with Crippen LogP contribution in [0.5, 0.6) is 17.2 Å². The Balaban J connectivity index is 2.38. The van der Waals surface area contributed by atoms with E-state index in [0.717, 1.165) is 5.56 Å². The molecule has 0 fully saturated rings. The molecule has 0 radical (unpaired) electrons. The van der Waals surface area contributed by atoms with E-state index >= 15 is 0 Å². The molecule has 0 spiro atoms. The maximum atomic E-state index is 12.8. The normalized spacial score (nSPS) is 11.8. The van der Waals surface area contributed by atoms with Gasteiger partial charge in [0.05, 0.1) is 6.07 Å². The maximum absolute atomic E-state index is 12.8. The molecule has 28 heavy (non-hydrogen) atoms. The van der Waals surface area contributed by atoms with Crippen molar-refractivity contribution < 1.29 is 26.9 Å². The number of nitriles is 1. The molecule has 0 aliphatic rings. The highest BCUT2D eigenvalue weighted by Crippen LogP contribution is 2.33. The first-order chi connectivity index (χ1) is 13.3. The first-order valence-corrected chi connectivity index (χ1v) is 9.06. The van der Waals surface area contributed by atoms with Crippen molar-refractivity contribution in [3.05, 3.63) is 53.6 Å². The molecular weight excluding hydrogens is 436 g/mol. The van der Waals surface area contributed by atoms with Crippen LogP contribution >= 0.6 is 16.3 Å². The second kappa shape index (κ2) is 10.0. The van der Waals surface area contributed by atoms with E-state index in [2.05, 4.69) is 21.0 Å². The first-order valence-electron chi connectivity index (χ1n) is 8.41. The quantitative estimate of drug-likeness (QED) is 0.402. The highest BCUT2D eigenvalue weighted by molar-refractivity contribution is 9.06. The molecule has 0 aliphatic heterocycles. The van der Waals surface area contributed by atoms with Crippen LogP contribution in [0.4, 0.5) is 8.78 Å². The van der Waals surface area contributed by atoms with Gasteiger partial charge in [0.2, 0.25) is 0 Å². The van der Waals surface area contributed by atoms with Gasteiger partial charge >= 0.3 is 12.6 Å². The predicted octanol–water partition coefficient (Wildman–Crippen LogP) is 5.27. The molecule has 2 aromatic rings. The van der Waals surface area contributed by atoms with Crippen LogP contribution in [-0.4, -0.2) is 12.6 Å². The first kappa shape index (κ1) is 21.6. The molecule has 0 aromatic heterocycles. The van der Waals surface area contributed by atoms with Crippen LogP contribution in [0.3, 0.4) is 0 Å². The van der Waals surface area contributed by atoms with Crippen LogP contribution in [-0.2, 0) is 11.2 Å². The van der Waals surface area contributed by atoms with Crippen molar-refractivity contribution >= 4 is 22.2 Å². The summed E-state index contributed by atoms with van der Waals surface area (Å²) in [6, 6.07) is 13.1. The molecule has 0 aliphatic carbocycles. The van der Waals surface area contributed by atoms with E-state index in [1.54, 1.807) is 38.1 Å². The number of alkyl halides is 2. The molecule has 0 saturated heterocycles. The van der Waals surface area contributed by atoms with E-state index in [0.29, 0.717) is 5.75 Å². The molecular formula is C20H18BrF2NO4. The van der Waals surface area contributed by atoms with Gasteiger partial charge in [0.1, 0.15) is 23.2 Å². The summed E-state index contributed by atoms with van der Waals surface area (Å²) < 4.78 is 40.6. The summed E-state index contributed by atoms with van der Waals surface area (Å²) in [6.45, 7) is 0.413. The van der Waals surface area contributed by atoms with E-state index in [9.17, 15) is 18.8 Å². The number of halogens is 3. The zero-order valence-corrected chi connectivity index (χ0v) is 16.8. The lowest BCUT2D eigenvalue weighted by atomic mass is 9.97. The Morgan fingerprint density at radius 1 is 1.14 bits per heavy atom. The molecule has 2 rings (SSSR count). The molecule has 0 amide bonds. The van der Waals surface area contributed by atoms with Crippen molar-refractivity contribution in [3.63, 3.8) is 0 Å². The van der Waals surface area contributed by atoms with Crippen molar-refractivity contribution in [2.24, 2.45) is 11.8 Å². The average Bonchev–Trinajstić information content (AvgIpc) is 2.64. The highest BCUT2D eigenvalue weighted by atomic mass is 79.9. The Hall–Kier alpha value is -2.66. The number of rotatable bonds is 8. The molecule has 0 N–H and O–H groups in total. The second-order valence-corrected chi connectivity index (χ2v) is 6.60. The number of carbonyl (C=O) groups is 1. The van der Waals surface area contributed by atoms with Gasteiger partial charge < -0.3 is 13.3 Å². The molecule has 0 bridgehead atoms. The molecule has 148 valence electrons. The largest absolute Gasteiger partial charge is 0.434 e. The summed E-state index contributed by atoms with van der Waals surface area (Å²) in [5, 5.41) is 9.18. The van der Waals surface area contributed by atoms with Gasteiger partial charge in [-0.15, -0.1) is 0 Å². The minimum absolute atomic E-state index is 0.0740. The summed E-state index contributed by atoms with van der Waals surface area (Å²) in [4.78, 5) is 12.4. The maximum Gasteiger partial charge on any atom is 0.387 e. The zero-order valence-electron chi connectivity index (χ0n) is 15.2. The van der Waals surface area contributed by atoms with Gasteiger partial charge in [-0.1, -0.05) is 32.0 Å². The van der Waals surface area contributed by atoms with Crippen LogP contribution in [0.15, 0.2) is 42.5 Å². The Morgan fingerprint density at radius 2 is 1.79 bits per heavy atom. The smallest absolute Gasteiger partial charge is 0.387 e. The molecule has 2 aromatic carbocycles. The molecule has 8 heteroatoms. The van der Waals surface area contributed by atoms with Gasteiger partial charge in [-0.25, -0.2) is 0 Å². The molecule has 1 unspecified atom stereocenters. The highest BCUT2D eigenvalue weighted by Gasteiger charge is 2.26. The van der Waals surface area contributed by atoms with E-state index in [1.807, 2.05) is 6.07 Å². The van der Waals surface area contributed by atoms with Crippen LogP contribution in [0.25, 0.3) is 0 Å². The van der Waals surface area contributed by atoms with Crippen LogP contribution in [0.1, 0.15) is 25.0 Å². The third-order valence-electron chi connectivity index (χ3n) is 3.97. The number of ether oxygens (including phenoxy) is 2. The number of nitrogens with zero attached hydrogens (tertiary/aromatic N) is 1. The van der Waals surface area contributed by atoms with Gasteiger partial charge in [-0.05, 0) is 35.7 Å². The molecule has 5 nitrogen and oxygen atoms in total. The molecule has 0 saturated carbocycles. The fourth-order valence-electron chi connectivity index (χ4n) is 2.53. The monoisotopic (exact) mass is 453 g/mol. The van der Waals surface area contributed by atoms with E-state index in [4.69, 9.17) is 8.57 Å². The van der Waals surface area contributed by atoms with Crippen molar-refractivity contribution in [2.75, 3.05) is 0 Å². The predicted molar refractivity (Wildman–Crippen MR) is 101 cm³/mol.